The van der Waals surface area contributed by atoms with Crippen molar-refractivity contribution < 1.29 is 53.3 Å². The largest absolute Gasteiger partial charge is 1.00 e. The number of aromatic carboxylic acids is 1. The van der Waals surface area contributed by atoms with E-state index in [-0.39, 0.29) is 35.1 Å². The molecule has 2 aromatic heterocycles. The average Bonchev–Trinajstić information content (AvgIpc) is 3.37. The second kappa shape index (κ2) is 10.7. The molecule has 0 radical (unpaired) electrons. The van der Waals surface area contributed by atoms with Gasteiger partial charge in [-0.1, -0.05) is 24.3 Å². The Balaban J connectivity index is 0.000000270. The van der Waals surface area contributed by atoms with Gasteiger partial charge < -0.3 is 23.8 Å². The number of nitrogens with zero attached hydrogens (tertiary/aromatic N) is 1. The molecule has 35 heavy (non-hydrogen) atoms. The SMILES string of the molecule is C1CC2CCC(C1)O2.COc1ccc(C)c2nc(-c3oc4ccccc4c3C)cc(C(=O)[O-])c12.[Na+]. The first-order chi connectivity index (χ1) is 16.5. The zero-order valence-corrected chi connectivity index (χ0v) is 22.7. The Morgan fingerprint density at radius 2 is 1.77 bits per heavy atom. The van der Waals surface area contributed by atoms with Crippen molar-refractivity contribution in [2.45, 2.75) is 58.2 Å². The van der Waals surface area contributed by atoms with Crippen LogP contribution in [-0.4, -0.2) is 30.3 Å². The Morgan fingerprint density at radius 3 is 2.40 bits per heavy atom. The van der Waals surface area contributed by atoms with Gasteiger partial charge in [-0.15, -0.1) is 0 Å². The number of benzene rings is 2. The summed E-state index contributed by atoms with van der Waals surface area (Å²) in [7, 11) is 1.50. The van der Waals surface area contributed by atoms with Crippen LogP contribution in [0.3, 0.4) is 0 Å². The number of carboxylic acid groups (broad SMARTS) is 1. The Bertz CT molecular complexity index is 1370. The number of rotatable bonds is 3. The number of carboxylic acids is 1. The molecule has 2 aromatic carbocycles. The van der Waals surface area contributed by atoms with Gasteiger partial charge in [0.15, 0.2) is 5.76 Å². The van der Waals surface area contributed by atoms with E-state index in [1.165, 1.54) is 45.3 Å². The quantitative estimate of drug-likeness (QED) is 0.418. The number of methoxy groups -OCH3 is 1. The van der Waals surface area contributed by atoms with E-state index >= 15 is 0 Å². The fourth-order valence-corrected chi connectivity index (χ4v) is 5.09. The maximum atomic E-state index is 11.8. The molecular weight excluding hydrogens is 453 g/mol. The first-order valence-electron chi connectivity index (χ1n) is 11.8. The van der Waals surface area contributed by atoms with Gasteiger partial charge in [0.2, 0.25) is 0 Å². The van der Waals surface area contributed by atoms with E-state index in [2.05, 4.69) is 4.98 Å². The van der Waals surface area contributed by atoms with E-state index in [0.29, 0.717) is 40.3 Å². The van der Waals surface area contributed by atoms with Crippen molar-refractivity contribution in [2.24, 2.45) is 0 Å². The predicted molar refractivity (Wildman–Crippen MR) is 129 cm³/mol. The van der Waals surface area contributed by atoms with Gasteiger partial charge >= 0.3 is 29.6 Å². The Morgan fingerprint density at radius 1 is 1.06 bits per heavy atom. The minimum absolute atomic E-state index is 0. The summed E-state index contributed by atoms with van der Waals surface area (Å²) in [4.78, 5) is 16.5. The molecule has 7 heteroatoms. The molecule has 2 unspecified atom stereocenters. The second-order valence-corrected chi connectivity index (χ2v) is 9.09. The molecule has 2 aliphatic rings. The van der Waals surface area contributed by atoms with Gasteiger partial charge in [0.1, 0.15) is 17.0 Å². The van der Waals surface area contributed by atoms with E-state index in [1.807, 2.05) is 44.2 Å². The number of carbonyl (C=O) groups is 1. The number of aryl methyl sites for hydroxylation is 2. The normalized spacial score (nSPS) is 18.6. The standard InChI is InChI=1S/C21H17NO4.C7H12O.Na/c1-11-8-9-17(25-3)18-14(21(23)24)10-15(22-19(11)18)20-12(2)13-6-4-5-7-16(13)26-20;1-2-6-4-5-7(3-1)8-6;/h4-10H,1-3H3,(H,23,24);6-7H,1-5H2;/q;;+1/p-1. The zero-order chi connectivity index (χ0) is 23.8. The zero-order valence-electron chi connectivity index (χ0n) is 20.7. The minimum Gasteiger partial charge on any atom is -0.545 e. The van der Waals surface area contributed by atoms with Gasteiger partial charge in [0.05, 0.1) is 36.2 Å². The third-order valence-electron chi connectivity index (χ3n) is 6.89. The predicted octanol–water partition coefficient (Wildman–Crippen LogP) is 2.36. The van der Waals surface area contributed by atoms with Crippen LogP contribution < -0.4 is 39.4 Å². The van der Waals surface area contributed by atoms with Crippen LogP contribution in [0.1, 0.15) is 53.6 Å². The molecule has 0 aliphatic carbocycles. The number of aromatic nitrogens is 1. The maximum Gasteiger partial charge on any atom is 1.00 e. The topological polar surface area (TPSA) is 84.6 Å². The Kier molecular flexibility index (Phi) is 7.86. The molecule has 2 aliphatic heterocycles. The number of fused-ring (bicyclic) bond motifs is 4. The van der Waals surface area contributed by atoms with Crippen LogP contribution in [0.5, 0.6) is 5.75 Å². The third-order valence-corrected chi connectivity index (χ3v) is 6.89. The minimum atomic E-state index is -1.28. The molecule has 4 aromatic rings. The molecule has 6 nitrogen and oxygen atoms in total. The summed E-state index contributed by atoms with van der Waals surface area (Å²) in [6, 6.07) is 12.7. The van der Waals surface area contributed by atoms with Crippen molar-refractivity contribution in [1.29, 1.82) is 0 Å². The molecule has 2 bridgehead atoms. The van der Waals surface area contributed by atoms with Crippen LogP contribution in [0.15, 0.2) is 46.9 Å². The van der Waals surface area contributed by atoms with Gasteiger partial charge in [0.25, 0.3) is 0 Å². The molecule has 4 heterocycles. The van der Waals surface area contributed by atoms with E-state index in [0.717, 1.165) is 22.1 Å². The van der Waals surface area contributed by atoms with Crippen molar-refractivity contribution in [2.75, 3.05) is 7.11 Å². The molecule has 2 atom stereocenters. The second-order valence-electron chi connectivity index (χ2n) is 9.09. The summed E-state index contributed by atoms with van der Waals surface area (Å²) in [5, 5.41) is 13.2. The first kappa shape index (κ1) is 25.7. The Hall–Kier alpha value is -2.38. The van der Waals surface area contributed by atoms with Crippen molar-refractivity contribution in [1.82, 2.24) is 4.98 Å². The number of carbonyl (C=O) groups excluding carboxylic acids is 1. The summed E-state index contributed by atoms with van der Waals surface area (Å²) in [5.41, 5.74) is 3.54. The van der Waals surface area contributed by atoms with Crippen LogP contribution in [0.2, 0.25) is 0 Å². The van der Waals surface area contributed by atoms with Gasteiger partial charge in [0, 0.05) is 16.5 Å². The van der Waals surface area contributed by atoms with Crippen LogP contribution in [0.4, 0.5) is 0 Å². The molecule has 0 amide bonds. The molecule has 2 fully saturated rings. The molecule has 176 valence electrons. The molecular formula is C28H28NNaO5. The van der Waals surface area contributed by atoms with Crippen molar-refractivity contribution in [3.63, 3.8) is 0 Å². The number of hydrogen-bond acceptors (Lipinski definition) is 6. The van der Waals surface area contributed by atoms with Gasteiger partial charge in [-0.2, -0.15) is 0 Å². The van der Waals surface area contributed by atoms with Gasteiger partial charge in [-0.05, 0) is 69.7 Å². The third kappa shape index (κ3) is 4.98. The summed E-state index contributed by atoms with van der Waals surface area (Å²) < 4.78 is 16.9. The number of para-hydroxylation sites is 1. The molecule has 2 saturated heterocycles. The fourth-order valence-electron chi connectivity index (χ4n) is 5.09. The molecule has 0 spiro atoms. The number of hydrogen-bond donors (Lipinski definition) is 0. The molecule has 6 rings (SSSR count). The summed E-state index contributed by atoms with van der Waals surface area (Å²) in [6.07, 6.45) is 8.07. The van der Waals surface area contributed by atoms with E-state index in [4.69, 9.17) is 13.9 Å². The monoisotopic (exact) mass is 481 g/mol. The van der Waals surface area contributed by atoms with Crippen LogP contribution in [0, 0.1) is 13.8 Å². The molecule has 0 N–H and O–H groups in total. The average molecular weight is 482 g/mol. The maximum absolute atomic E-state index is 11.8. The van der Waals surface area contributed by atoms with Crippen LogP contribution in [-0.2, 0) is 4.74 Å². The van der Waals surface area contributed by atoms with Crippen LogP contribution in [0.25, 0.3) is 33.3 Å². The van der Waals surface area contributed by atoms with E-state index in [1.54, 1.807) is 6.07 Å². The summed E-state index contributed by atoms with van der Waals surface area (Å²) >= 11 is 0. The van der Waals surface area contributed by atoms with E-state index in [9.17, 15) is 9.90 Å². The smallest absolute Gasteiger partial charge is 0.545 e. The summed E-state index contributed by atoms with van der Waals surface area (Å²) in [5.74, 6) is -0.278. The summed E-state index contributed by atoms with van der Waals surface area (Å²) in [6.45, 7) is 3.81. The van der Waals surface area contributed by atoms with Crippen molar-refractivity contribution in [3.8, 4) is 17.2 Å². The number of furan rings is 1. The number of pyridine rings is 1. The first-order valence-corrected chi connectivity index (χ1v) is 11.8. The van der Waals surface area contributed by atoms with Gasteiger partial charge in [-0.25, -0.2) is 4.98 Å². The van der Waals surface area contributed by atoms with Crippen LogP contribution >= 0.6 is 0 Å². The number of ether oxygens (including phenoxy) is 2. The fraction of sp³-hybridized carbons (Fsp3) is 0.357. The Labute approximate surface area is 226 Å². The van der Waals surface area contributed by atoms with Gasteiger partial charge in [-0.3, -0.25) is 0 Å². The van der Waals surface area contributed by atoms with E-state index < -0.39 is 5.97 Å². The van der Waals surface area contributed by atoms with Crippen molar-refractivity contribution in [3.05, 3.63) is 59.2 Å². The van der Waals surface area contributed by atoms with Crippen molar-refractivity contribution >= 4 is 27.8 Å². The molecule has 0 saturated carbocycles.